The Labute approximate surface area is 107 Å². The van der Waals surface area contributed by atoms with Crippen molar-refractivity contribution >= 4 is 0 Å². The minimum atomic E-state index is -0.474. The first-order valence-corrected chi connectivity index (χ1v) is 6.99. The summed E-state index contributed by atoms with van der Waals surface area (Å²) in [5, 5.41) is 4.15. The van der Waals surface area contributed by atoms with E-state index in [0.29, 0.717) is 25.0 Å². The zero-order chi connectivity index (χ0) is 12.4. The summed E-state index contributed by atoms with van der Waals surface area (Å²) < 4.78 is 10.8. The van der Waals surface area contributed by atoms with Crippen molar-refractivity contribution in [3.05, 3.63) is 11.7 Å². The smallest absolute Gasteiger partial charge is 0.246 e. The Hall–Kier alpha value is -0.940. The van der Waals surface area contributed by atoms with Gasteiger partial charge in [0.05, 0.1) is 0 Å². The summed E-state index contributed by atoms with van der Waals surface area (Å²) in [6.45, 7) is 1.36. The molecular weight excluding hydrogens is 230 g/mol. The maximum atomic E-state index is 6.35. The molecule has 0 atom stereocenters. The summed E-state index contributed by atoms with van der Waals surface area (Å²) in [6, 6.07) is 0. The van der Waals surface area contributed by atoms with Gasteiger partial charge in [0, 0.05) is 19.1 Å². The molecule has 1 saturated carbocycles. The molecular formula is C13H21N3O2. The van der Waals surface area contributed by atoms with Crippen LogP contribution in [0.5, 0.6) is 0 Å². The molecule has 1 aliphatic heterocycles. The molecule has 1 aromatic rings. The molecule has 3 rings (SSSR count). The number of nitrogens with zero attached hydrogens (tertiary/aromatic N) is 2. The van der Waals surface area contributed by atoms with Crippen molar-refractivity contribution in [1.82, 2.24) is 10.1 Å². The number of hydrogen-bond donors (Lipinski definition) is 1. The molecule has 1 aliphatic carbocycles. The molecule has 2 aliphatic rings. The Kier molecular flexibility index (Phi) is 3.35. The highest BCUT2D eigenvalue weighted by Gasteiger charge is 2.36. The van der Waals surface area contributed by atoms with Crippen molar-refractivity contribution in [2.24, 2.45) is 5.73 Å². The molecule has 0 radical (unpaired) electrons. The van der Waals surface area contributed by atoms with Crippen LogP contribution in [0.1, 0.15) is 62.6 Å². The molecule has 2 fully saturated rings. The molecule has 18 heavy (non-hydrogen) atoms. The SMILES string of the molecule is NC1(c2nc(C3CCCCC3)no2)CCOCC1. The standard InChI is InChI=1S/C13H21N3O2/c14-13(6-8-17-9-7-13)12-15-11(16-18-12)10-4-2-1-3-5-10/h10H,1-9,14H2. The van der Waals surface area contributed by atoms with E-state index in [0.717, 1.165) is 18.7 Å². The van der Waals surface area contributed by atoms with Gasteiger partial charge in [0.1, 0.15) is 5.54 Å². The number of aromatic nitrogens is 2. The predicted molar refractivity (Wildman–Crippen MR) is 66.0 cm³/mol. The minimum Gasteiger partial charge on any atom is -0.381 e. The Morgan fingerprint density at radius 2 is 1.83 bits per heavy atom. The van der Waals surface area contributed by atoms with Crippen LogP contribution in [-0.4, -0.2) is 23.4 Å². The number of hydrogen-bond acceptors (Lipinski definition) is 5. The van der Waals surface area contributed by atoms with Crippen LogP contribution in [0.15, 0.2) is 4.52 Å². The summed E-state index contributed by atoms with van der Waals surface area (Å²) in [7, 11) is 0. The van der Waals surface area contributed by atoms with E-state index in [4.69, 9.17) is 15.0 Å². The second-order valence-corrected chi connectivity index (χ2v) is 5.56. The van der Waals surface area contributed by atoms with Crippen molar-refractivity contribution in [3.8, 4) is 0 Å². The molecule has 0 bridgehead atoms. The molecule has 0 unspecified atom stereocenters. The van der Waals surface area contributed by atoms with Crippen molar-refractivity contribution < 1.29 is 9.26 Å². The summed E-state index contributed by atoms with van der Waals surface area (Å²) in [4.78, 5) is 4.57. The summed E-state index contributed by atoms with van der Waals surface area (Å²) in [5.41, 5.74) is 5.87. The fraction of sp³-hybridized carbons (Fsp3) is 0.846. The highest BCUT2D eigenvalue weighted by molar-refractivity contribution is 5.06. The lowest BCUT2D eigenvalue weighted by molar-refractivity contribution is 0.0400. The Morgan fingerprint density at radius 3 is 2.56 bits per heavy atom. The molecule has 0 aromatic carbocycles. The molecule has 1 aromatic heterocycles. The lowest BCUT2D eigenvalue weighted by Crippen LogP contribution is -2.42. The Balaban J connectivity index is 1.75. The van der Waals surface area contributed by atoms with Gasteiger partial charge in [0.15, 0.2) is 5.82 Å². The third kappa shape index (κ3) is 2.29. The monoisotopic (exact) mass is 251 g/mol. The van der Waals surface area contributed by atoms with Gasteiger partial charge in [-0.05, 0) is 25.7 Å². The second kappa shape index (κ2) is 4.97. The third-order valence-electron chi connectivity index (χ3n) is 4.22. The van der Waals surface area contributed by atoms with Gasteiger partial charge in [0.25, 0.3) is 0 Å². The normalized spacial score (nSPS) is 25.2. The highest BCUT2D eigenvalue weighted by atomic mass is 16.5. The van der Waals surface area contributed by atoms with Crippen LogP contribution in [0.4, 0.5) is 0 Å². The van der Waals surface area contributed by atoms with Crippen LogP contribution in [0.3, 0.4) is 0 Å². The quantitative estimate of drug-likeness (QED) is 0.871. The van der Waals surface area contributed by atoms with Crippen molar-refractivity contribution in [2.75, 3.05) is 13.2 Å². The van der Waals surface area contributed by atoms with E-state index in [-0.39, 0.29) is 0 Å². The fourth-order valence-corrected chi connectivity index (χ4v) is 2.91. The van der Waals surface area contributed by atoms with Gasteiger partial charge in [0.2, 0.25) is 5.89 Å². The van der Waals surface area contributed by atoms with E-state index in [9.17, 15) is 0 Å². The number of ether oxygens (including phenoxy) is 1. The van der Waals surface area contributed by atoms with E-state index >= 15 is 0 Å². The van der Waals surface area contributed by atoms with Crippen molar-refractivity contribution in [1.29, 1.82) is 0 Å². The summed E-state index contributed by atoms with van der Waals surface area (Å²) in [5.74, 6) is 1.94. The van der Waals surface area contributed by atoms with Crippen LogP contribution < -0.4 is 5.73 Å². The fourth-order valence-electron chi connectivity index (χ4n) is 2.91. The van der Waals surface area contributed by atoms with E-state index in [1.165, 1.54) is 32.1 Å². The molecule has 0 amide bonds. The lowest BCUT2D eigenvalue weighted by Gasteiger charge is -2.29. The molecule has 5 nitrogen and oxygen atoms in total. The Morgan fingerprint density at radius 1 is 1.11 bits per heavy atom. The van der Waals surface area contributed by atoms with Crippen LogP contribution in [0, 0.1) is 0 Å². The first-order chi connectivity index (χ1) is 8.78. The average Bonchev–Trinajstić information content (AvgIpc) is 2.91. The van der Waals surface area contributed by atoms with Crippen LogP contribution >= 0.6 is 0 Å². The van der Waals surface area contributed by atoms with E-state index in [1.54, 1.807) is 0 Å². The maximum Gasteiger partial charge on any atom is 0.246 e. The molecule has 5 heteroatoms. The largest absolute Gasteiger partial charge is 0.381 e. The molecule has 100 valence electrons. The van der Waals surface area contributed by atoms with Gasteiger partial charge >= 0.3 is 0 Å². The van der Waals surface area contributed by atoms with Crippen molar-refractivity contribution in [3.63, 3.8) is 0 Å². The van der Waals surface area contributed by atoms with Gasteiger partial charge in [-0.3, -0.25) is 0 Å². The first-order valence-electron chi connectivity index (χ1n) is 6.99. The topological polar surface area (TPSA) is 74.2 Å². The molecule has 0 spiro atoms. The highest BCUT2D eigenvalue weighted by Crippen LogP contribution is 2.33. The summed E-state index contributed by atoms with van der Waals surface area (Å²) in [6.07, 6.45) is 7.77. The lowest BCUT2D eigenvalue weighted by atomic mass is 9.88. The van der Waals surface area contributed by atoms with Crippen LogP contribution in [-0.2, 0) is 10.3 Å². The van der Waals surface area contributed by atoms with Crippen molar-refractivity contribution in [2.45, 2.75) is 56.4 Å². The predicted octanol–water partition coefficient (Wildman–Crippen LogP) is 2.08. The molecule has 1 saturated heterocycles. The van der Waals surface area contributed by atoms with E-state index < -0.39 is 5.54 Å². The van der Waals surface area contributed by atoms with E-state index in [2.05, 4.69) is 10.1 Å². The van der Waals surface area contributed by atoms with Crippen LogP contribution in [0.25, 0.3) is 0 Å². The minimum absolute atomic E-state index is 0.472. The van der Waals surface area contributed by atoms with Gasteiger partial charge in [-0.2, -0.15) is 4.98 Å². The van der Waals surface area contributed by atoms with Crippen LogP contribution in [0.2, 0.25) is 0 Å². The number of rotatable bonds is 2. The third-order valence-corrected chi connectivity index (χ3v) is 4.22. The van der Waals surface area contributed by atoms with E-state index in [1.807, 2.05) is 0 Å². The average molecular weight is 251 g/mol. The first kappa shape index (κ1) is 12.1. The van der Waals surface area contributed by atoms with Gasteiger partial charge in [-0.1, -0.05) is 24.4 Å². The molecule has 2 N–H and O–H groups in total. The maximum absolute atomic E-state index is 6.35. The zero-order valence-corrected chi connectivity index (χ0v) is 10.7. The van der Waals surface area contributed by atoms with Gasteiger partial charge in [-0.25, -0.2) is 0 Å². The zero-order valence-electron chi connectivity index (χ0n) is 10.7. The Bertz CT molecular complexity index is 393. The van der Waals surface area contributed by atoms with Gasteiger partial charge in [-0.15, -0.1) is 0 Å². The number of nitrogens with two attached hydrogens (primary N) is 1. The van der Waals surface area contributed by atoms with Gasteiger partial charge < -0.3 is 15.0 Å². The summed E-state index contributed by atoms with van der Waals surface area (Å²) >= 11 is 0. The second-order valence-electron chi connectivity index (χ2n) is 5.56. The molecule has 2 heterocycles.